The molecule has 0 saturated heterocycles. The van der Waals surface area contributed by atoms with Crippen LogP contribution in [0.4, 0.5) is 23.9 Å². The van der Waals surface area contributed by atoms with Crippen LogP contribution in [0.1, 0.15) is 35.7 Å². The van der Waals surface area contributed by atoms with Gasteiger partial charge in [0.1, 0.15) is 5.00 Å². The summed E-state index contributed by atoms with van der Waals surface area (Å²) in [6.45, 7) is 3.59. The van der Waals surface area contributed by atoms with E-state index in [0.29, 0.717) is 28.3 Å². The summed E-state index contributed by atoms with van der Waals surface area (Å²) >= 11 is 0.312. The lowest BCUT2D eigenvalue weighted by Crippen LogP contribution is -2.32. The number of para-hydroxylation sites is 1. The number of ether oxygens (including phenoxy) is 2. The molecule has 1 amide bonds. The Morgan fingerprint density at radius 1 is 1.18 bits per heavy atom. The molecular formula is C26H26F3N7O3S. The van der Waals surface area contributed by atoms with Crippen molar-refractivity contribution in [1.82, 2.24) is 4.98 Å². The topological polar surface area (TPSA) is 147 Å². The highest BCUT2D eigenvalue weighted by atomic mass is 32.1. The van der Waals surface area contributed by atoms with E-state index in [0.717, 1.165) is 5.56 Å². The van der Waals surface area contributed by atoms with Gasteiger partial charge in [0.25, 0.3) is 11.9 Å². The average molecular weight is 574 g/mol. The maximum Gasteiger partial charge on any atom is 0.443 e. The fourth-order valence-electron chi connectivity index (χ4n) is 3.54. The molecule has 1 aliphatic rings. The van der Waals surface area contributed by atoms with Gasteiger partial charge in [-0.25, -0.2) is 9.98 Å². The minimum Gasteiger partial charge on any atom is -0.405 e. The third-order valence-corrected chi connectivity index (χ3v) is 6.80. The van der Waals surface area contributed by atoms with Crippen molar-refractivity contribution in [2.75, 3.05) is 24.3 Å². The Labute approximate surface area is 231 Å². The maximum atomic E-state index is 13.4. The van der Waals surface area contributed by atoms with Gasteiger partial charge in [-0.1, -0.05) is 59.9 Å². The number of hydrogen-bond acceptors (Lipinski definition) is 9. The lowest BCUT2D eigenvalue weighted by molar-refractivity contribution is -0.137. The number of rotatable bonds is 7. The van der Waals surface area contributed by atoms with Crippen LogP contribution in [0.2, 0.25) is 0 Å². The largest absolute Gasteiger partial charge is 0.443 e. The van der Waals surface area contributed by atoms with Crippen LogP contribution < -0.4 is 16.4 Å². The van der Waals surface area contributed by atoms with E-state index in [4.69, 9.17) is 20.6 Å². The Kier molecular flexibility index (Phi) is 8.21. The van der Waals surface area contributed by atoms with Gasteiger partial charge in [-0.05, 0) is 19.9 Å². The first-order valence-corrected chi connectivity index (χ1v) is 12.7. The number of aromatic nitrogens is 1. The predicted molar refractivity (Wildman–Crippen MR) is 147 cm³/mol. The highest BCUT2D eigenvalue weighted by Crippen LogP contribution is 2.37. The van der Waals surface area contributed by atoms with Crippen LogP contribution in [-0.4, -0.2) is 53.9 Å². The molecule has 0 fully saturated rings. The number of amides is 1. The van der Waals surface area contributed by atoms with E-state index < -0.39 is 46.5 Å². The normalized spacial score (nSPS) is 15.9. The van der Waals surface area contributed by atoms with Crippen molar-refractivity contribution >= 4 is 45.6 Å². The van der Waals surface area contributed by atoms with E-state index in [9.17, 15) is 18.0 Å². The van der Waals surface area contributed by atoms with Crippen LogP contribution in [0.5, 0.6) is 0 Å². The number of thiazole rings is 1. The molecule has 210 valence electrons. The minimum atomic E-state index is -4.74. The Hall–Kier alpha value is -4.30. The van der Waals surface area contributed by atoms with Crippen LogP contribution in [0.15, 0.2) is 64.6 Å². The number of halogens is 3. The monoisotopic (exact) mass is 573 g/mol. The molecule has 3 aromatic rings. The number of amidine groups is 1. The van der Waals surface area contributed by atoms with Gasteiger partial charge >= 0.3 is 6.18 Å². The Balaban J connectivity index is 1.63. The van der Waals surface area contributed by atoms with Crippen LogP contribution in [0.3, 0.4) is 0 Å². The number of anilines is 2. The number of nitrogens with zero attached hydrogens (tertiary/aromatic N) is 3. The number of aliphatic imine (C=N–C) groups is 2. The molecule has 4 rings (SSSR count). The summed E-state index contributed by atoms with van der Waals surface area (Å²) in [4.78, 5) is 25.0. The quantitative estimate of drug-likeness (QED) is 0.242. The number of hydrogen-bond donors (Lipinski definition) is 4. The fraction of sp³-hybridized carbons (Fsp3) is 0.269. The summed E-state index contributed by atoms with van der Waals surface area (Å²) in [6.07, 6.45) is -6.15. The molecule has 2 aromatic carbocycles. The molecule has 1 aliphatic heterocycles. The van der Waals surface area contributed by atoms with Crippen LogP contribution in [-0.2, 0) is 20.4 Å². The third kappa shape index (κ3) is 6.63. The first-order chi connectivity index (χ1) is 18.9. The zero-order chi connectivity index (χ0) is 29.1. The Morgan fingerprint density at radius 2 is 1.85 bits per heavy atom. The summed E-state index contributed by atoms with van der Waals surface area (Å²) in [5, 5.41) is 12.6. The van der Waals surface area contributed by atoms with E-state index in [1.165, 1.54) is 7.11 Å². The number of alkyl halides is 3. The van der Waals surface area contributed by atoms with Crippen molar-refractivity contribution in [1.29, 1.82) is 5.41 Å². The number of carbonyl (C=O) groups is 1. The lowest BCUT2D eigenvalue weighted by atomic mass is 10.0. The van der Waals surface area contributed by atoms with Crippen LogP contribution in [0.25, 0.3) is 0 Å². The minimum absolute atomic E-state index is 0.0673. The molecule has 1 aromatic heterocycles. The van der Waals surface area contributed by atoms with Crippen LogP contribution >= 0.6 is 11.3 Å². The predicted octanol–water partition coefficient (Wildman–Crippen LogP) is 4.47. The molecule has 10 nitrogen and oxygen atoms in total. The van der Waals surface area contributed by atoms with Crippen molar-refractivity contribution in [2.24, 2.45) is 15.7 Å². The van der Waals surface area contributed by atoms with Gasteiger partial charge in [-0.3, -0.25) is 10.2 Å². The van der Waals surface area contributed by atoms with E-state index in [1.807, 2.05) is 30.3 Å². The van der Waals surface area contributed by atoms with Gasteiger partial charge in [0, 0.05) is 24.8 Å². The zero-order valence-corrected chi connectivity index (χ0v) is 22.5. The van der Waals surface area contributed by atoms with Gasteiger partial charge in [0.05, 0.1) is 17.0 Å². The number of carbonyl (C=O) groups excluding carboxylic acids is 1. The van der Waals surface area contributed by atoms with Gasteiger partial charge in [0.15, 0.2) is 5.69 Å². The molecule has 0 radical (unpaired) electrons. The highest BCUT2D eigenvalue weighted by molar-refractivity contribution is 7.16. The molecule has 0 saturated carbocycles. The summed E-state index contributed by atoms with van der Waals surface area (Å²) < 4.78 is 50.7. The van der Waals surface area contributed by atoms with Crippen molar-refractivity contribution in [3.8, 4) is 0 Å². The number of fused-ring (bicyclic) bond motifs is 1. The summed E-state index contributed by atoms with van der Waals surface area (Å²) in [6, 6.07) is 15.5. The number of benzene rings is 2. The summed E-state index contributed by atoms with van der Waals surface area (Å²) in [7, 11) is 1.46. The van der Waals surface area contributed by atoms with Crippen LogP contribution in [0, 0.1) is 5.41 Å². The summed E-state index contributed by atoms with van der Waals surface area (Å²) in [5.74, 6) is -1.41. The van der Waals surface area contributed by atoms with Crippen molar-refractivity contribution < 1.29 is 27.4 Å². The standard InChI is InChI=1S/C26H26F3N7O3S/c1-25(2,38-3)13-32-22-18(35-23(40-22)26(27,28)29)19(30)39-24(31)36-20-21(37)33-16-12-8-7-11-15(16)17(34-20)14-9-5-4-6-10-14/h4-12,20,30,32H,13H2,1-3H3,(H2,31,36)(H,33,37). The summed E-state index contributed by atoms with van der Waals surface area (Å²) in [5.41, 5.74) is 7.11. The zero-order valence-electron chi connectivity index (χ0n) is 21.7. The molecule has 2 heterocycles. The third-order valence-electron chi connectivity index (χ3n) is 5.74. The molecular weight excluding hydrogens is 547 g/mol. The molecule has 14 heteroatoms. The molecule has 1 atom stereocenters. The van der Waals surface area contributed by atoms with Gasteiger partial charge < -0.3 is 25.8 Å². The highest BCUT2D eigenvalue weighted by Gasteiger charge is 2.37. The van der Waals surface area contributed by atoms with E-state index in [1.54, 1.807) is 38.1 Å². The molecule has 5 N–H and O–H groups in total. The molecule has 40 heavy (non-hydrogen) atoms. The van der Waals surface area contributed by atoms with Gasteiger partial charge in [0.2, 0.25) is 17.1 Å². The van der Waals surface area contributed by atoms with Crippen molar-refractivity contribution in [3.05, 3.63) is 76.4 Å². The van der Waals surface area contributed by atoms with Gasteiger partial charge in [-0.2, -0.15) is 18.2 Å². The lowest BCUT2D eigenvalue weighted by Gasteiger charge is -2.23. The Morgan fingerprint density at radius 3 is 2.52 bits per heavy atom. The second-order valence-electron chi connectivity index (χ2n) is 9.16. The number of benzodiazepines with no additional fused rings is 1. The maximum absolute atomic E-state index is 13.4. The number of nitrogens with one attached hydrogen (secondary N) is 3. The Bertz CT molecular complexity index is 1470. The second kappa shape index (κ2) is 11.4. The SMILES string of the molecule is COC(C)(C)CNc1sc(C(F)(F)F)nc1C(=N)OC(N)=NC1N=C(c2ccccc2)c2ccccc2NC1=O. The second-order valence-corrected chi connectivity index (χ2v) is 10.2. The molecule has 0 spiro atoms. The molecule has 0 bridgehead atoms. The average Bonchev–Trinajstić information content (AvgIpc) is 3.31. The molecule has 0 aliphatic carbocycles. The van der Waals surface area contributed by atoms with E-state index in [2.05, 4.69) is 25.6 Å². The number of nitrogens with two attached hydrogens (primary N) is 1. The fourth-order valence-corrected chi connectivity index (χ4v) is 4.37. The molecule has 1 unspecified atom stereocenters. The van der Waals surface area contributed by atoms with E-state index >= 15 is 0 Å². The van der Waals surface area contributed by atoms with Crippen molar-refractivity contribution in [2.45, 2.75) is 31.8 Å². The van der Waals surface area contributed by atoms with E-state index in [-0.39, 0.29) is 11.5 Å². The van der Waals surface area contributed by atoms with Gasteiger partial charge in [-0.15, -0.1) is 0 Å². The smallest absolute Gasteiger partial charge is 0.405 e. The first kappa shape index (κ1) is 28.7. The van der Waals surface area contributed by atoms with Crippen molar-refractivity contribution in [3.63, 3.8) is 0 Å². The first-order valence-electron chi connectivity index (χ1n) is 11.9. The number of methoxy groups -OCH3 is 1.